The predicted octanol–water partition coefficient (Wildman–Crippen LogP) is 3.70. The Hall–Kier alpha value is -2.36. The highest BCUT2D eigenvalue weighted by Gasteiger charge is 2.13. The molecule has 0 aliphatic carbocycles. The molecule has 0 heterocycles. The van der Waals surface area contributed by atoms with Crippen molar-refractivity contribution in [1.29, 1.82) is 0 Å². The fraction of sp³-hybridized carbons (Fsp3) is 0.188. The Labute approximate surface area is 117 Å². The van der Waals surface area contributed by atoms with Gasteiger partial charge in [0.1, 0.15) is 11.6 Å². The van der Waals surface area contributed by atoms with Crippen molar-refractivity contribution < 1.29 is 13.9 Å². The number of carbonyl (C=O) groups excluding carboxylic acids is 1. The summed E-state index contributed by atoms with van der Waals surface area (Å²) in [4.78, 5) is 12.1. The summed E-state index contributed by atoms with van der Waals surface area (Å²) in [6, 6.07) is 9.75. The van der Waals surface area contributed by atoms with E-state index in [4.69, 9.17) is 4.74 Å². The molecule has 2 aromatic rings. The van der Waals surface area contributed by atoms with E-state index in [0.717, 1.165) is 11.1 Å². The van der Waals surface area contributed by atoms with Gasteiger partial charge >= 0.3 is 0 Å². The summed E-state index contributed by atoms with van der Waals surface area (Å²) in [7, 11) is 1.58. The van der Waals surface area contributed by atoms with Crippen LogP contribution in [0, 0.1) is 19.7 Å². The van der Waals surface area contributed by atoms with Crippen molar-refractivity contribution in [3.05, 3.63) is 58.9 Å². The van der Waals surface area contributed by atoms with Crippen LogP contribution in [0.15, 0.2) is 36.4 Å². The van der Waals surface area contributed by atoms with E-state index in [9.17, 15) is 9.18 Å². The lowest BCUT2D eigenvalue weighted by Gasteiger charge is -2.10. The van der Waals surface area contributed by atoms with Crippen LogP contribution in [0.3, 0.4) is 0 Å². The van der Waals surface area contributed by atoms with Crippen LogP contribution in [-0.4, -0.2) is 13.0 Å². The molecule has 0 saturated carbocycles. The van der Waals surface area contributed by atoms with Crippen LogP contribution < -0.4 is 10.1 Å². The number of benzene rings is 2. The Balaban J connectivity index is 2.25. The van der Waals surface area contributed by atoms with Gasteiger partial charge in [0.15, 0.2) is 0 Å². The van der Waals surface area contributed by atoms with E-state index >= 15 is 0 Å². The van der Waals surface area contributed by atoms with Crippen LogP contribution in [0.5, 0.6) is 5.75 Å². The average molecular weight is 273 g/mol. The van der Waals surface area contributed by atoms with Gasteiger partial charge in [-0.15, -0.1) is 0 Å². The van der Waals surface area contributed by atoms with E-state index in [1.54, 1.807) is 25.3 Å². The van der Waals surface area contributed by atoms with E-state index in [1.807, 2.05) is 19.9 Å². The van der Waals surface area contributed by atoms with Gasteiger partial charge in [0.2, 0.25) is 0 Å². The number of amides is 1. The Morgan fingerprint density at radius 2 is 1.90 bits per heavy atom. The van der Waals surface area contributed by atoms with Gasteiger partial charge in [-0.05, 0) is 49.7 Å². The van der Waals surface area contributed by atoms with Crippen molar-refractivity contribution in [2.45, 2.75) is 13.8 Å². The summed E-state index contributed by atoms with van der Waals surface area (Å²) < 4.78 is 18.8. The maximum Gasteiger partial charge on any atom is 0.258 e. The third-order valence-corrected chi connectivity index (χ3v) is 3.05. The highest BCUT2D eigenvalue weighted by molar-refractivity contribution is 6.05. The van der Waals surface area contributed by atoms with Crippen LogP contribution in [0.25, 0.3) is 0 Å². The number of carbonyl (C=O) groups is 1. The summed E-state index contributed by atoms with van der Waals surface area (Å²) in [6.45, 7) is 3.67. The number of anilines is 1. The molecule has 3 nitrogen and oxygen atoms in total. The first kappa shape index (κ1) is 14.1. The third kappa shape index (κ3) is 2.96. The minimum atomic E-state index is -0.528. The zero-order valence-corrected chi connectivity index (χ0v) is 11.7. The first-order chi connectivity index (χ1) is 9.51. The highest BCUT2D eigenvalue weighted by Crippen LogP contribution is 2.22. The zero-order valence-electron chi connectivity index (χ0n) is 11.7. The second-order valence-electron chi connectivity index (χ2n) is 4.62. The maximum absolute atomic E-state index is 13.7. The standard InChI is InChI=1S/C16H16FNO2/c1-10-4-6-14(17)13(8-10)16(19)18-15-7-5-12(20-3)9-11(15)2/h4-9H,1-3H3,(H,18,19). The Morgan fingerprint density at radius 3 is 2.55 bits per heavy atom. The molecule has 104 valence electrons. The summed E-state index contributed by atoms with van der Waals surface area (Å²) >= 11 is 0. The zero-order chi connectivity index (χ0) is 14.7. The maximum atomic E-state index is 13.7. The van der Waals surface area contributed by atoms with E-state index in [0.29, 0.717) is 11.4 Å². The SMILES string of the molecule is COc1ccc(NC(=O)c2cc(C)ccc2F)c(C)c1. The molecule has 0 aliphatic rings. The van der Waals surface area contributed by atoms with Crippen molar-refractivity contribution in [3.63, 3.8) is 0 Å². The largest absolute Gasteiger partial charge is 0.497 e. The molecule has 0 fully saturated rings. The number of methoxy groups -OCH3 is 1. The second kappa shape index (κ2) is 5.74. The minimum absolute atomic E-state index is 0.0419. The van der Waals surface area contributed by atoms with Crippen molar-refractivity contribution in [2.24, 2.45) is 0 Å². The monoisotopic (exact) mass is 273 g/mol. The molecule has 0 aliphatic heterocycles. The van der Waals surface area contributed by atoms with Gasteiger partial charge in [0.25, 0.3) is 5.91 Å². The van der Waals surface area contributed by atoms with Gasteiger partial charge in [0, 0.05) is 5.69 Å². The van der Waals surface area contributed by atoms with Crippen LogP contribution in [0.2, 0.25) is 0 Å². The molecule has 0 aromatic heterocycles. The fourth-order valence-corrected chi connectivity index (χ4v) is 1.91. The van der Waals surface area contributed by atoms with Gasteiger partial charge in [-0.1, -0.05) is 11.6 Å². The van der Waals surface area contributed by atoms with Crippen LogP contribution in [-0.2, 0) is 0 Å². The lowest BCUT2D eigenvalue weighted by molar-refractivity contribution is 0.102. The van der Waals surface area contributed by atoms with E-state index in [2.05, 4.69) is 5.32 Å². The normalized spacial score (nSPS) is 10.2. The molecule has 2 aromatic carbocycles. The van der Waals surface area contributed by atoms with Crippen LogP contribution in [0.4, 0.5) is 10.1 Å². The number of hydrogen-bond donors (Lipinski definition) is 1. The summed E-state index contributed by atoms with van der Waals surface area (Å²) in [5.74, 6) is -0.277. The molecule has 1 N–H and O–H groups in total. The van der Waals surface area contributed by atoms with Gasteiger partial charge in [-0.2, -0.15) is 0 Å². The van der Waals surface area contributed by atoms with Crippen LogP contribution >= 0.6 is 0 Å². The molecule has 4 heteroatoms. The molecule has 0 spiro atoms. The molecule has 1 amide bonds. The number of hydrogen-bond acceptors (Lipinski definition) is 2. The summed E-state index contributed by atoms with van der Waals surface area (Å²) in [5, 5.41) is 2.71. The molecular weight excluding hydrogens is 257 g/mol. The lowest BCUT2D eigenvalue weighted by atomic mass is 10.1. The van der Waals surface area contributed by atoms with Crippen molar-refractivity contribution >= 4 is 11.6 Å². The molecule has 0 radical (unpaired) electrons. The van der Waals surface area contributed by atoms with Gasteiger partial charge in [-0.3, -0.25) is 4.79 Å². The lowest BCUT2D eigenvalue weighted by Crippen LogP contribution is -2.14. The quantitative estimate of drug-likeness (QED) is 0.926. The minimum Gasteiger partial charge on any atom is -0.497 e. The number of ether oxygens (including phenoxy) is 1. The molecule has 20 heavy (non-hydrogen) atoms. The molecular formula is C16H16FNO2. The number of nitrogens with one attached hydrogen (secondary N) is 1. The fourth-order valence-electron chi connectivity index (χ4n) is 1.91. The van der Waals surface area contributed by atoms with Crippen molar-refractivity contribution in [2.75, 3.05) is 12.4 Å². The van der Waals surface area contributed by atoms with Gasteiger partial charge in [0.05, 0.1) is 12.7 Å². The molecule has 0 bridgehead atoms. The first-order valence-corrected chi connectivity index (χ1v) is 6.23. The Bertz CT molecular complexity index is 653. The van der Waals surface area contributed by atoms with E-state index < -0.39 is 11.7 Å². The molecule has 0 atom stereocenters. The molecule has 0 saturated heterocycles. The average Bonchev–Trinajstić information content (AvgIpc) is 2.43. The molecule has 0 unspecified atom stereocenters. The topological polar surface area (TPSA) is 38.3 Å². The third-order valence-electron chi connectivity index (χ3n) is 3.05. The van der Waals surface area contributed by atoms with Crippen molar-refractivity contribution in [3.8, 4) is 5.75 Å². The van der Waals surface area contributed by atoms with Gasteiger partial charge in [-0.25, -0.2) is 4.39 Å². The van der Waals surface area contributed by atoms with Crippen LogP contribution in [0.1, 0.15) is 21.5 Å². The summed E-state index contributed by atoms with van der Waals surface area (Å²) in [6.07, 6.45) is 0. The first-order valence-electron chi connectivity index (χ1n) is 6.23. The highest BCUT2D eigenvalue weighted by atomic mass is 19.1. The van der Waals surface area contributed by atoms with Crippen molar-refractivity contribution in [1.82, 2.24) is 0 Å². The Morgan fingerprint density at radius 1 is 1.15 bits per heavy atom. The van der Waals surface area contributed by atoms with E-state index in [1.165, 1.54) is 12.1 Å². The number of halogens is 1. The van der Waals surface area contributed by atoms with E-state index in [-0.39, 0.29) is 5.56 Å². The molecule has 2 rings (SSSR count). The Kier molecular flexibility index (Phi) is 4.03. The summed E-state index contributed by atoms with van der Waals surface area (Å²) in [5.41, 5.74) is 2.37. The number of aryl methyl sites for hydroxylation is 2. The number of rotatable bonds is 3. The smallest absolute Gasteiger partial charge is 0.258 e. The predicted molar refractivity (Wildman–Crippen MR) is 76.8 cm³/mol. The second-order valence-corrected chi connectivity index (χ2v) is 4.62. The van der Waals surface area contributed by atoms with Gasteiger partial charge < -0.3 is 10.1 Å².